The molecule has 0 bridgehead atoms. The first-order valence-corrected chi connectivity index (χ1v) is 8.73. The maximum Gasteiger partial charge on any atom is 0.170 e. The van der Waals surface area contributed by atoms with Crippen molar-refractivity contribution < 1.29 is 13.6 Å². The van der Waals surface area contributed by atoms with Crippen LogP contribution in [0.2, 0.25) is 10.0 Å². The Morgan fingerprint density at radius 1 is 1.11 bits per heavy atom. The van der Waals surface area contributed by atoms with Gasteiger partial charge in [0, 0.05) is 11.8 Å². The smallest absolute Gasteiger partial charge is 0.170 e. The van der Waals surface area contributed by atoms with Crippen LogP contribution in [0.4, 0.5) is 8.78 Å². The first kappa shape index (κ1) is 17.8. The Labute approximate surface area is 163 Å². The first-order valence-electron chi connectivity index (χ1n) is 7.97. The molecule has 2 heterocycles. The summed E-state index contributed by atoms with van der Waals surface area (Å²) in [5.74, 6) is -1.09. The van der Waals surface area contributed by atoms with E-state index in [2.05, 4.69) is 9.98 Å². The van der Waals surface area contributed by atoms with Crippen molar-refractivity contribution in [1.82, 2.24) is 9.55 Å². The van der Waals surface area contributed by atoms with E-state index in [0.717, 1.165) is 12.1 Å². The van der Waals surface area contributed by atoms with Gasteiger partial charge in [0.25, 0.3) is 0 Å². The van der Waals surface area contributed by atoms with Gasteiger partial charge in [0.15, 0.2) is 6.29 Å². The first-order chi connectivity index (χ1) is 12.9. The van der Waals surface area contributed by atoms with Gasteiger partial charge in [0.2, 0.25) is 0 Å². The quantitative estimate of drug-likeness (QED) is 0.551. The van der Waals surface area contributed by atoms with Gasteiger partial charge in [-0.15, -0.1) is 0 Å². The summed E-state index contributed by atoms with van der Waals surface area (Å²) in [6.45, 7) is 1.72. The number of aliphatic imine (C=N–C) groups is 1. The third-order valence-corrected chi connectivity index (χ3v) is 5.14. The van der Waals surface area contributed by atoms with Crippen molar-refractivity contribution in [2.24, 2.45) is 4.99 Å². The van der Waals surface area contributed by atoms with Gasteiger partial charge in [-0.05, 0) is 31.2 Å². The highest BCUT2D eigenvalue weighted by Gasteiger charge is 2.30. The Bertz CT molecular complexity index is 1100. The maximum atomic E-state index is 14.5. The highest BCUT2D eigenvalue weighted by Crippen LogP contribution is 2.38. The molecule has 8 heteroatoms. The third-order valence-electron chi connectivity index (χ3n) is 4.34. The number of carbonyl (C=O) groups excluding carboxylic acids is 1. The van der Waals surface area contributed by atoms with Gasteiger partial charge in [0.05, 0.1) is 27.0 Å². The Morgan fingerprint density at radius 3 is 2.48 bits per heavy atom. The fraction of sp³-hybridized carbons (Fsp3) is 0.105. The standard InChI is InChI=1S/C19H11Cl2F2N3O/c1-9-19-25-10(8-27)7-26(19)14-6-5-11(20)17(21)16(14)18(24-9)15-12(22)3-2-4-13(15)23/h2-9H,1H3/t9-/m0/s1. The molecule has 4 nitrogen and oxygen atoms in total. The molecule has 1 atom stereocenters. The molecule has 1 aliphatic heterocycles. The van der Waals surface area contributed by atoms with E-state index >= 15 is 0 Å². The second-order valence-corrected chi connectivity index (χ2v) is 6.80. The molecule has 0 amide bonds. The Balaban J connectivity index is 2.12. The molecule has 0 aliphatic carbocycles. The van der Waals surface area contributed by atoms with Crippen LogP contribution in [0.3, 0.4) is 0 Å². The monoisotopic (exact) mass is 405 g/mol. The largest absolute Gasteiger partial charge is 0.300 e. The van der Waals surface area contributed by atoms with Crippen LogP contribution in [-0.4, -0.2) is 21.5 Å². The van der Waals surface area contributed by atoms with E-state index < -0.39 is 17.7 Å². The number of benzene rings is 2. The van der Waals surface area contributed by atoms with Crippen molar-refractivity contribution in [2.45, 2.75) is 13.0 Å². The van der Waals surface area contributed by atoms with Crippen LogP contribution in [0.1, 0.15) is 40.4 Å². The minimum Gasteiger partial charge on any atom is -0.300 e. The highest BCUT2D eigenvalue weighted by molar-refractivity contribution is 6.45. The van der Waals surface area contributed by atoms with Crippen molar-refractivity contribution >= 4 is 35.2 Å². The Morgan fingerprint density at radius 2 is 1.81 bits per heavy atom. The number of fused-ring (bicyclic) bond motifs is 3. The van der Waals surface area contributed by atoms with Gasteiger partial charge in [-0.3, -0.25) is 9.79 Å². The number of hydrogen-bond donors (Lipinski definition) is 0. The van der Waals surface area contributed by atoms with Gasteiger partial charge in [-0.25, -0.2) is 13.8 Å². The van der Waals surface area contributed by atoms with Crippen LogP contribution in [-0.2, 0) is 0 Å². The van der Waals surface area contributed by atoms with Crippen LogP contribution < -0.4 is 0 Å². The molecule has 136 valence electrons. The number of halogens is 4. The number of carbonyl (C=O) groups is 1. The van der Waals surface area contributed by atoms with Crippen molar-refractivity contribution in [3.63, 3.8) is 0 Å². The zero-order chi connectivity index (χ0) is 19.3. The third kappa shape index (κ3) is 2.76. The summed E-state index contributed by atoms with van der Waals surface area (Å²) in [4.78, 5) is 19.9. The minimum atomic E-state index is -0.768. The molecule has 0 N–H and O–H groups in total. The summed E-state index contributed by atoms with van der Waals surface area (Å²) < 4.78 is 30.7. The second-order valence-electron chi connectivity index (χ2n) is 6.02. The summed E-state index contributed by atoms with van der Waals surface area (Å²) in [6.07, 6.45) is 2.14. The molecule has 0 saturated carbocycles. The van der Waals surface area contributed by atoms with Crippen molar-refractivity contribution in [3.8, 4) is 5.69 Å². The number of nitrogens with zero attached hydrogens (tertiary/aromatic N) is 3. The molecular weight excluding hydrogens is 395 g/mol. The number of aromatic nitrogens is 2. The Hall–Kier alpha value is -2.57. The van der Waals surface area contributed by atoms with E-state index in [4.69, 9.17) is 23.2 Å². The topological polar surface area (TPSA) is 47.2 Å². The SMILES string of the molecule is C[C@@H]1N=C(c2c(F)cccc2F)c2c(ccc(Cl)c2Cl)-n2cc(C=O)nc21. The lowest BCUT2D eigenvalue weighted by atomic mass is 9.99. The number of aldehydes is 1. The highest BCUT2D eigenvalue weighted by atomic mass is 35.5. The van der Waals surface area contributed by atoms with Crippen LogP contribution in [0.5, 0.6) is 0 Å². The van der Waals surface area contributed by atoms with Gasteiger partial charge in [-0.2, -0.15) is 0 Å². The van der Waals surface area contributed by atoms with E-state index in [0.29, 0.717) is 17.8 Å². The summed E-state index contributed by atoms with van der Waals surface area (Å²) >= 11 is 12.6. The van der Waals surface area contributed by atoms with Gasteiger partial charge < -0.3 is 4.57 Å². The molecule has 0 spiro atoms. The summed E-state index contributed by atoms with van der Waals surface area (Å²) in [6, 6.07) is 6.20. The van der Waals surface area contributed by atoms with E-state index in [9.17, 15) is 13.6 Å². The van der Waals surface area contributed by atoms with E-state index in [-0.39, 0.29) is 32.6 Å². The normalized spacial score (nSPS) is 15.6. The summed E-state index contributed by atoms with van der Waals surface area (Å²) in [5, 5.41) is 0.323. The Kier molecular flexibility index (Phi) is 4.32. The molecule has 27 heavy (non-hydrogen) atoms. The molecule has 2 aromatic carbocycles. The molecule has 0 saturated heterocycles. The predicted octanol–water partition coefficient (Wildman–Crippen LogP) is 5.18. The minimum absolute atomic E-state index is 0.0405. The molecule has 1 aliphatic rings. The van der Waals surface area contributed by atoms with Crippen LogP contribution in [0.15, 0.2) is 41.5 Å². The lowest BCUT2D eigenvalue weighted by Gasteiger charge is -2.15. The summed E-state index contributed by atoms with van der Waals surface area (Å²) in [7, 11) is 0. The lowest BCUT2D eigenvalue weighted by molar-refractivity contribution is 0.111. The molecule has 4 rings (SSSR count). The predicted molar refractivity (Wildman–Crippen MR) is 99.4 cm³/mol. The van der Waals surface area contributed by atoms with E-state index in [1.807, 2.05) is 0 Å². The average Bonchev–Trinajstić information content (AvgIpc) is 3.03. The van der Waals surface area contributed by atoms with Crippen molar-refractivity contribution in [3.05, 3.63) is 80.9 Å². The van der Waals surface area contributed by atoms with Gasteiger partial charge >= 0.3 is 0 Å². The summed E-state index contributed by atoms with van der Waals surface area (Å²) in [5.41, 5.74) is 0.707. The second kappa shape index (κ2) is 6.55. The molecular formula is C19H11Cl2F2N3O. The zero-order valence-electron chi connectivity index (χ0n) is 13.9. The number of hydrogen-bond acceptors (Lipinski definition) is 3. The van der Waals surface area contributed by atoms with Crippen LogP contribution in [0.25, 0.3) is 5.69 Å². The molecule has 0 unspecified atom stereocenters. The lowest BCUT2D eigenvalue weighted by Crippen LogP contribution is -2.12. The van der Waals surface area contributed by atoms with Crippen LogP contribution >= 0.6 is 23.2 Å². The number of rotatable bonds is 2. The van der Waals surface area contributed by atoms with E-state index in [1.54, 1.807) is 23.6 Å². The molecule has 0 radical (unpaired) electrons. The van der Waals surface area contributed by atoms with Crippen LogP contribution in [0, 0.1) is 11.6 Å². The van der Waals surface area contributed by atoms with E-state index in [1.165, 1.54) is 12.3 Å². The van der Waals surface area contributed by atoms with Gasteiger partial charge in [-0.1, -0.05) is 29.3 Å². The van der Waals surface area contributed by atoms with Crippen molar-refractivity contribution in [2.75, 3.05) is 0 Å². The average molecular weight is 406 g/mol. The number of imidazole rings is 1. The molecule has 3 aromatic rings. The molecule has 0 fully saturated rings. The van der Waals surface area contributed by atoms with Gasteiger partial charge in [0.1, 0.15) is 29.2 Å². The molecule has 1 aromatic heterocycles. The van der Waals surface area contributed by atoms with Crippen molar-refractivity contribution in [1.29, 1.82) is 0 Å². The fourth-order valence-electron chi connectivity index (χ4n) is 3.15. The zero-order valence-corrected chi connectivity index (χ0v) is 15.4. The fourth-order valence-corrected chi connectivity index (χ4v) is 3.56. The maximum absolute atomic E-state index is 14.5.